The van der Waals surface area contributed by atoms with Gasteiger partial charge in [-0.25, -0.2) is 0 Å². The molecule has 114 valence electrons. The molecule has 1 aromatic carbocycles. The van der Waals surface area contributed by atoms with E-state index in [1.807, 2.05) is 0 Å². The first-order valence-corrected chi connectivity index (χ1v) is 7.02. The van der Waals surface area contributed by atoms with Crippen molar-refractivity contribution in [3.05, 3.63) is 29.8 Å². The first kappa shape index (κ1) is 15.5. The second-order valence-electron chi connectivity index (χ2n) is 6.01. The summed E-state index contributed by atoms with van der Waals surface area (Å²) in [5.74, 6) is -1.02. The van der Waals surface area contributed by atoms with Crippen LogP contribution in [-0.2, 0) is 19.7 Å². The summed E-state index contributed by atoms with van der Waals surface area (Å²) in [4.78, 5) is 23.4. The van der Waals surface area contributed by atoms with Gasteiger partial charge in [-0.15, -0.1) is 0 Å². The Kier molecular flexibility index (Phi) is 4.05. The van der Waals surface area contributed by atoms with Crippen LogP contribution in [0.15, 0.2) is 24.3 Å². The van der Waals surface area contributed by atoms with E-state index in [-0.39, 0.29) is 5.91 Å². The van der Waals surface area contributed by atoms with Crippen molar-refractivity contribution in [1.82, 2.24) is 0 Å². The Hall–Kier alpha value is -1.88. The molecule has 1 aromatic rings. The van der Waals surface area contributed by atoms with E-state index in [4.69, 9.17) is 4.74 Å². The third-order valence-electron chi connectivity index (χ3n) is 4.36. The van der Waals surface area contributed by atoms with Crippen molar-refractivity contribution in [2.45, 2.75) is 44.1 Å². The Labute approximate surface area is 124 Å². The summed E-state index contributed by atoms with van der Waals surface area (Å²) in [7, 11) is 1.55. The number of anilines is 1. The summed E-state index contributed by atoms with van der Waals surface area (Å²) in [5.41, 5.74) is -0.310. The summed E-state index contributed by atoms with van der Waals surface area (Å²) in [6.45, 7) is 3.30. The fourth-order valence-electron chi connectivity index (χ4n) is 2.36. The highest BCUT2D eigenvalue weighted by atomic mass is 16.5. The van der Waals surface area contributed by atoms with Crippen LogP contribution in [0.2, 0.25) is 0 Å². The van der Waals surface area contributed by atoms with Gasteiger partial charge in [0.05, 0.1) is 5.41 Å². The lowest BCUT2D eigenvalue weighted by Gasteiger charge is -2.38. The van der Waals surface area contributed by atoms with Gasteiger partial charge >= 0.3 is 5.97 Å². The summed E-state index contributed by atoms with van der Waals surface area (Å²) < 4.78 is 5.33. The maximum Gasteiger partial charge on any atom is 0.313 e. The molecule has 1 amide bonds. The van der Waals surface area contributed by atoms with Crippen molar-refractivity contribution in [3.63, 3.8) is 0 Å². The van der Waals surface area contributed by atoms with Crippen molar-refractivity contribution >= 4 is 17.6 Å². The van der Waals surface area contributed by atoms with E-state index in [0.29, 0.717) is 11.3 Å². The molecule has 1 saturated carbocycles. The number of benzene rings is 1. The minimum absolute atomic E-state index is 0.138. The van der Waals surface area contributed by atoms with Gasteiger partial charge in [0.1, 0.15) is 5.60 Å². The highest BCUT2D eigenvalue weighted by Crippen LogP contribution is 2.36. The first-order valence-electron chi connectivity index (χ1n) is 7.02. The maximum atomic E-state index is 12.2. The van der Waals surface area contributed by atoms with Crippen LogP contribution < -0.4 is 5.32 Å². The number of carboxylic acid groups (broad SMARTS) is 1. The topological polar surface area (TPSA) is 75.6 Å². The highest BCUT2D eigenvalue weighted by Gasteiger charge is 2.44. The van der Waals surface area contributed by atoms with Crippen molar-refractivity contribution in [2.24, 2.45) is 0 Å². The monoisotopic (exact) mass is 291 g/mol. The van der Waals surface area contributed by atoms with Crippen LogP contribution in [0, 0.1) is 0 Å². The molecule has 0 spiro atoms. The Balaban J connectivity index is 2.10. The number of aliphatic carboxylic acids is 1. The lowest BCUT2D eigenvalue weighted by Crippen LogP contribution is -2.50. The maximum absolute atomic E-state index is 12.2. The van der Waals surface area contributed by atoms with Gasteiger partial charge in [0.15, 0.2) is 0 Å². The zero-order valence-electron chi connectivity index (χ0n) is 12.6. The predicted molar refractivity (Wildman–Crippen MR) is 79.3 cm³/mol. The Morgan fingerprint density at radius 1 is 1.24 bits per heavy atom. The van der Waals surface area contributed by atoms with Crippen LogP contribution in [0.5, 0.6) is 0 Å². The first-order chi connectivity index (χ1) is 9.82. The fourth-order valence-corrected chi connectivity index (χ4v) is 2.36. The van der Waals surface area contributed by atoms with Gasteiger partial charge in [-0.1, -0.05) is 12.1 Å². The van der Waals surface area contributed by atoms with Crippen molar-refractivity contribution in [1.29, 1.82) is 0 Å². The van der Waals surface area contributed by atoms with Gasteiger partial charge in [-0.3, -0.25) is 9.59 Å². The largest absolute Gasteiger partial charge is 0.481 e. The predicted octanol–water partition coefficient (Wildman–Crippen LogP) is 2.56. The quantitative estimate of drug-likeness (QED) is 0.874. The van der Waals surface area contributed by atoms with Gasteiger partial charge in [0, 0.05) is 12.8 Å². The molecule has 5 nitrogen and oxygen atoms in total. The van der Waals surface area contributed by atoms with Crippen LogP contribution in [0.3, 0.4) is 0 Å². The second-order valence-corrected chi connectivity index (χ2v) is 6.01. The van der Waals surface area contributed by atoms with Gasteiger partial charge in [0.2, 0.25) is 0 Å². The summed E-state index contributed by atoms with van der Waals surface area (Å²) in [5, 5.41) is 12.0. The molecule has 0 bridgehead atoms. The molecule has 0 saturated heterocycles. The van der Waals surface area contributed by atoms with Crippen LogP contribution >= 0.6 is 0 Å². The van der Waals surface area contributed by atoms with Crippen LogP contribution in [0.25, 0.3) is 0 Å². The lowest BCUT2D eigenvalue weighted by atomic mass is 9.79. The van der Waals surface area contributed by atoms with E-state index in [0.717, 1.165) is 19.3 Å². The number of ether oxygens (including phenoxy) is 1. The summed E-state index contributed by atoms with van der Waals surface area (Å²) in [6, 6.07) is 6.90. The second kappa shape index (κ2) is 5.48. The zero-order chi connectivity index (χ0) is 15.7. The Morgan fingerprint density at radius 3 is 2.19 bits per heavy atom. The lowest BCUT2D eigenvalue weighted by molar-refractivity contribution is -0.148. The molecule has 21 heavy (non-hydrogen) atoms. The standard InChI is InChI=1S/C16H21NO4/c1-15(2,14(19)20)11-5-7-12(8-6-11)17-13(18)16(21-3)9-4-10-16/h5-8H,4,9-10H2,1-3H3,(H,17,18)(H,19,20). The van der Waals surface area contributed by atoms with E-state index in [9.17, 15) is 14.7 Å². The summed E-state index contributed by atoms with van der Waals surface area (Å²) >= 11 is 0. The number of hydrogen-bond donors (Lipinski definition) is 2. The molecule has 0 heterocycles. The SMILES string of the molecule is COC1(C(=O)Nc2ccc(C(C)(C)C(=O)O)cc2)CCC1. The van der Waals surface area contributed by atoms with Gasteiger partial charge in [-0.2, -0.15) is 0 Å². The molecule has 0 aliphatic heterocycles. The third-order valence-corrected chi connectivity index (χ3v) is 4.36. The zero-order valence-corrected chi connectivity index (χ0v) is 12.6. The van der Waals surface area contributed by atoms with Gasteiger partial charge in [-0.05, 0) is 50.8 Å². The average molecular weight is 291 g/mol. The van der Waals surface area contributed by atoms with Crippen molar-refractivity contribution in [3.8, 4) is 0 Å². The average Bonchev–Trinajstić information content (AvgIpc) is 2.38. The van der Waals surface area contributed by atoms with Crippen molar-refractivity contribution in [2.75, 3.05) is 12.4 Å². The number of carboxylic acids is 1. The number of methoxy groups -OCH3 is 1. The molecule has 1 aliphatic carbocycles. The van der Waals surface area contributed by atoms with Gasteiger partial charge in [0.25, 0.3) is 5.91 Å². The van der Waals surface area contributed by atoms with Gasteiger partial charge < -0.3 is 15.2 Å². The van der Waals surface area contributed by atoms with E-state index >= 15 is 0 Å². The number of rotatable bonds is 5. The smallest absolute Gasteiger partial charge is 0.313 e. The molecule has 0 atom stereocenters. The number of carbonyl (C=O) groups excluding carboxylic acids is 1. The minimum atomic E-state index is -0.954. The molecule has 1 fully saturated rings. The minimum Gasteiger partial charge on any atom is -0.481 e. The molecule has 0 unspecified atom stereocenters. The normalized spacial score (nSPS) is 16.9. The molecular formula is C16H21NO4. The number of carbonyl (C=O) groups is 2. The molecule has 2 rings (SSSR count). The number of hydrogen-bond acceptors (Lipinski definition) is 3. The molecule has 2 N–H and O–H groups in total. The number of nitrogens with one attached hydrogen (secondary N) is 1. The molecule has 1 aliphatic rings. The molecule has 5 heteroatoms. The fraction of sp³-hybridized carbons (Fsp3) is 0.500. The highest BCUT2D eigenvalue weighted by molar-refractivity contribution is 5.98. The Morgan fingerprint density at radius 2 is 1.81 bits per heavy atom. The van der Waals surface area contributed by atoms with Crippen LogP contribution in [-0.4, -0.2) is 29.7 Å². The molecular weight excluding hydrogens is 270 g/mol. The van der Waals surface area contributed by atoms with Crippen molar-refractivity contribution < 1.29 is 19.4 Å². The van der Waals surface area contributed by atoms with Crippen LogP contribution in [0.4, 0.5) is 5.69 Å². The van der Waals surface area contributed by atoms with E-state index < -0.39 is 17.0 Å². The Bertz CT molecular complexity index is 538. The molecule has 0 radical (unpaired) electrons. The molecule has 0 aromatic heterocycles. The van der Waals surface area contributed by atoms with Crippen LogP contribution in [0.1, 0.15) is 38.7 Å². The summed E-state index contributed by atoms with van der Waals surface area (Å²) in [6.07, 6.45) is 2.46. The van der Waals surface area contributed by atoms with E-state index in [2.05, 4.69) is 5.32 Å². The number of amides is 1. The third kappa shape index (κ3) is 2.78. The van der Waals surface area contributed by atoms with E-state index in [1.54, 1.807) is 45.2 Å². The van der Waals surface area contributed by atoms with E-state index in [1.165, 1.54) is 0 Å².